The number of nitrogens with zero attached hydrogens (tertiary/aromatic N) is 2. The minimum atomic E-state index is -0.245. The van der Waals surface area contributed by atoms with Gasteiger partial charge in [-0.2, -0.15) is 0 Å². The van der Waals surface area contributed by atoms with Crippen LogP contribution in [0.15, 0.2) is 66.7 Å². The third kappa shape index (κ3) is 5.82. The zero-order valence-corrected chi connectivity index (χ0v) is 23.9. The molecule has 1 aliphatic heterocycles. The van der Waals surface area contributed by atoms with Crippen molar-refractivity contribution in [2.45, 2.75) is 44.9 Å². The Kier molecular flexibility index (Phi) is 7.71. The summed E-state index contributed by atoms with van der Waals surface area (Å²) in [6.45, 7) is 2.29. The van der Waals surface area contributed by atoms with E-state index in [2.05, 4.69) is 39.8 Å². The van der Waals surface area contributed by atoms with Gasteiger partial charge in [0, 0.05) is 41.7 Å². The van der Waals surface area contributed by atoms with E-state index in [0.29, 0.717) is 33.8 Å². The van der Waals surface area contributed by atoms with Gasteiger partial charge in [-0.15, -0.1) is 11.3 Å². The van der Waals surface area contributed by atoms with Crippen molar-refractivity contribution < 1.29 is 19.1 Å². The molecule has 0 radical (unpaired) electrons. The van der Waals surface area contributed by atoms with Gasteiger partial charge in [0.15, 0.2) is 16.6 Å². The fourth-order valence-electron chi connectivity index (χ4n) is 5.59. The molecule has 210 valence electrons. The molecule has 6 rings (SSSR count). The molecular formula is C32H32N4O4S. The molecule has 8 nitrogen and oxygen atoms in total. The molecule has 1 unspecified atom stereocenters. The Morgan fingerprint density at radius 1 is 0.927 bits per heavy atom. The van der Waals surface area contributed by atoms with Crippen LogP contribution in [-0.4, -0.2) is 42.0 Å². The van der Waals surface area contributed by atoms with Crippen LogP contribution in [0.5, 0.6) is 11.5 Å². The molecule has 2 heterocycles. The van der Waals surface area contributed by atoms with Gasteiger partial charge in [-0.05, 0) is 66.3 Å². The molecule has 0 bridgehead atoms. The van der Waals surface area contributed by atoms with E-state index < -0.39 is 0 Å². The maximum Gasteiger partial charge on any atom is 0.257 e. The summed E-state index contributed by atoms with van der Waals surface area (Å²) in [6, 6.07) is 21.4. The molecule has 0 saturated heterocycles. The topological polar surface area (TPSA) is 92.8 Å². The van der Waals surface area contributed by atoms with E-state index in [0.717, 1.165) is 43.6 Å². The van der Waals surface area contributed by atoms with Crippen LogP contribution in [-0.2, 0) is 32.5 Å². The van der Waals surface area contributed by atoms with Crippen LogP contribution >= 0.6 is 11.3 Å². The maximum atomic E-state index is 13.1. The summed E-state index contributed by atoms with van der Waals surface area (Å²) in [5.41, 5.74) is 5.76. The van der Waals surface area contributed by atoms with Gasteiger partial charge in [-0.25, -0.2) is 4.98 Å². The molecule has 1 aromatic heterocycles. The number of fused-ring (bicyclic) bond motifs is 2. The first-order chi connectivity index (χ1) is 20.0. The average molecular weight is 569 g/mol. The number of hydrogen-bond acceptors (Lipinski definition) is 7. The highest BCUT2D eigenvalue weighted by atomic mass is 32.1. The SMILES string of the molecule is COc1ccc(C(=O)NCc2cccc(C(=O)Nc3nc4c(s3)CC(N3Cc5ccccc5C3)CC4)c2)cc1OC. The zero-order chi connectivity index (χ0) is 28.3. The molecule has 1 atom stereocenters. The largest absolute Gasteiger partial charge is 0.493 e. The molecule has 0 spiro atoms. The van der Waals surface area contributed by atoms with Crippen molar-refractivity contribution in [1.82, 2.24) is 15.2 Å². The van der Waals surface area contributed by atoms with E-state index in [1.807, 2.05) is 12.1 Å². The molecule has 4 aromatic rings. The normalized spacial score (nSPS) is 16.0. The Morgan fingerprint density at radius 2 is 1.68 bits per heavy atom. The van der Waals surface area contributed by atoms with Crippen LogP contribution in [0.4, 0.5) is 5.13 Å². The smallest absolute Gasteiger partial charge is 0.257 e. The van der Waals surface area contributed by atoms with Crippen LogP contribution in [0.1, 0.15) is 54.4 Å². The third-order valence-electron chi connectivity index (χ3n) is 7.80. The number of ether oxygens (including phenoxy) is 2. The van der Waals surface area contributed by atoms with Gasteiger partial charge in [0.05, 0.1) is 19.9 Å². The molecule has 3 aromatic carbocycles. The summed E-state index contributed by atoms with van der Waals surface area (Å²) >= 11 is 1.58. The minimum Gasteiger partial charge on any atom is -0.493 e. The summed E-state index contributed by atoms with van der Waals surface area (Å²) in [5, 5.41) is 6.54. The van der Waals surface area contributed by atoms with Crippen LogP contribution in [0.25, 0.3) is 0 Å². The van der Waals surface area contributed by atoms with Crippen molar-refractivity contribution in [2.24, 2.45) is 0 Å². The second-order valence-corrected chi connectivity index (χ2v) is 11.4. The van der Waals surface area contributed by atoms with Crippen molar-refractivity contribution in [2.75, 3.05) is 19.5 Å². The quantitative estimate of drug-likeness (QED) is 0.303. The summed E-state index contributed by atoms with van der Waals surface area (Å²) < 4.78 is 10.5. The Bertz CT molecular complexity index is 1580. The molecule has 0 saturated carbocycles. The zero-order valence-electron chi connectivity index (χ0n) is 23.1. The van der Waals surface area contributed by atoms with E-state index in [1.54, 1.807) is 48.8 Å². The van der Waals surface area contributed by atoms with Crippen molar-refractivity contribution >= 4 is 28.3 Å². The van der Waals surface area contributed by atoms with Gasteiger partial charge >= 0.3 is 0 Å². The molecule has 0 fully saturated rings. The first-order valence-corrected chi connectivity index (χ1v) is 14.5. The van der Waals surface area contributed by atoms with E-state index >= 15 is 0 Å². The summed E-state index contributed by atoms with van der Waals surface area (Å²) in [4.78, 5) is 34.4. The van der Waals surface area contributed by atoms with Crippen LogP contribution in [0, 0.1) is 0 Å². The highest BCUT2D eigenvalue weighted by Crippen LogP contribution is 2.35. The maximum absolute atomic E-state index is 13.1. The molecule has 9 heteroatoms. The number of anilines is 1. The van der Waals surface area contributed by atoms with Crippen molar-refractivity contribution in [3.05, 3.63) is 105 Å². The predicted molar refractivity (Wildman–Crippen MR) is 159 cm³/mol. The van der Waals surface area contributed by atoms with Gasteiger partial charge in [-0.3, -0.25) is 19.8 Å². The van der Waals surface area contributed by atoms with Crippen LogP contribution < -0.4 is 20.1 Å². The monoisotopic (exact) mass is 568 g/mol. The third-order valence-corrected chi connectivity index (χ3v) is 8.84. The number of amides is 2. The van der Waals surface area contributed by atoms with Crippen molar-refractivity contribution in [1.29, 1.82) is 0 Å². The number of rotatable bonds is 8. The van der Waals surface area contributed by atoms with Crippen molar-refractivity contribution in [3.8, 4) is 11.5 Å². The molecule has 2 N–H and O–H groups in total. The summed E-state index contributed by atoms with van der Waals surface area (Å²) in [5.74, 6) is 0.585. The van der Waals surface area contributed by atoms with Crippen molar-refractivity contribution in [3.63, 3.8) is 0 Å². The van der Waals surface area contributed by atoms with Gasteiger partial charge in [0.1, 0.15) is 0 Å². The number of aromatic nitrogens is 1. The lowest BCUT2D eigenvalue weighted by Gasteiger charge is -2.30. The number of nitrogens with one attached hydrogen (secondary N) is 2. The second-order valence-electron chi connectivity index (χ2n) is 10.4. The summed E-state index contributed by atoms with van der Waals surface area (Å²) in [6.07, 6.45) is 2.97. The highest BCUT2D eigenvalue weighted by molar-refractivity contribution is 7.15. The van der Waals surface area contributed by atoms with Gasteiger partial charge in [0.25, 0.3) is 11.8 Å². The minimum absolute atomic E-state index is 0.212. The Balaban J connectivity index is 1.06. The van der Waals surface area contributed by atoms with Crippen LogP contribution in [0.3, 0.4) is 0 Å². The predicted octanol–water partition coefficient (Wildman–Crippen LogP) is 5.22. The Labute approximate surface area is 243 Å². The standard InChI is InChI=1S/C32H32N4O4S/c1-39-27-13-10-22(15-28(27)40-2)30(37)33-17-20-6-5-9-21(14-20)31(38)35-32-34-26-12-11-25(16-29(26)41-32)36-18-23-7-3-4-8-24(23)19-36/h3-10,13-15,25H,11-12,16-19H2,1-2H3,(H,33,37)(H,34,35,38). The van der Waals surface area contributed by atoms with E-state index in [9.17, 15) is 9.59 Å². The molecule has 2 amide bonds. The lowest BCUT2D eigenvalue weighted by atomic mass is 9.96. The van der Waals surface area contributed by atoms with Gasteiger partial charge in [-0.1, -0.05) is 36.4 Å². The molecule has 41 heavy (non-hydrogen) atoms. The number of thiazole rings is 1. The lowest BCUT2D eigenvalue weighted by molar-refractivity contribution is 0.0950. The first-order valence-electron chi connectivity index (χ1n) is 13.7. The van der Waals surface area contributed by atoms with Gasteiger partial charge in [0.2, 0.25) is 0 Å². The Hall–Kier alpha value is -4.21. The van der Waals surface area contributed by atoms with Gasteiger partial charge < -0.3 is 14.8 Å². The fourth-order valence-corrected chi connectivity index (χ4v) is 6.67. The van der Waals surface area contributed by atoms with E-state index in [-0.39, 0.29) is 18.4 Å². The number of methoxy groups -OCH3 is 2. The number of benzene rings is 3. The number of carbonyl (C=O) groups excluding carboxylic acids is 2. The highest BCUT2D eigenvalue weighted by Gasteiger charge is 2.30. The lowest BCUT2D eigenvalue weighted by Crippen LogP contribution is -2.35. The fraction of sp³-hybridized carbons (Fsp3) is 0.281. The molecular weight excluding hydrogens is 536 g/mol. The second kappa shape index (κ2) is 11.7. The average Bonchev–Trinajstić information content (AvgIpc) is 3.63. The first kappa shape index (κ1) is 27.0. The Morgan fingerprint density at radius 3 is 2.44 bits per heavy atom. The number of carbonyl (C=O) groups is 2. The van der Waals surface area contributed by atoms with E-state index in [4.69, 9.17) is 14.5 Å². The number of aryl methyl sites for hydroxylation is 1. The number of hydrogen-bond donors (Lipinski definition) is 2. The molecule has 2 aliphatic rings. The molecule has 1 aliphatic carbocycles. The van der Waals surface area contributed by atoms with E-state index in [1.165, 1.54) is 23.1 Å². The summed E-state index contributed by atoms with van der Waals surface area (Å²) in [7, 11) is 3.08. The van der Waals surface area contributed by atoms with Crippen LogP contribution in [0.2, 0.25) is 0 Å².